The second-order valence-corrected chi connectivity index (χ2v) is 8.49. The van der Waals surface area contributed by atoms with Crippen LogP contribution in [0.4, 0.5) is 4.39 Å². The molecule has 2 unspecified atom stereocenters. The van der Waals surface area contributed by atoms with E-state index >= 15 is 0 Å². The molecule has 1 aromatic carbocycles. The molecule has 2 aromatic rings. The normalized spacial score (nSPS) is 18.6. The number of benzene rings is 1. The molecule has 0 amide bonds. The molecular weight excluding hydrogens is 403 g/mol. The molecule has 164 valence electrons. The van der Waals surface area contributed by atoms with Crippen LogP contribution in [0.3, 0.4) is 0 Å². The molecule has 8 heteroatoms. The standard InChI is InChI=1S/C22H31FN4O2S/c1-3-24-21(26-16-22(2,28)20-8-5-13-30-20)25-15-19(27-9-11-29-12-10-27)17-6-4-7-18(23)14-17/h4-8,13-14,19,28H,3,9-12,15-16H2,1-2H3,(H2,24,25,26). The van der Waals surface area contributed by atoms with E-state index in [1.807, 2.05) is 30.5 Å². The molecule has 0 spiro atoms. The first-order valence-corrected chi connectivity index (χ1v) is 11.2. The number of morpholine rings is 1. The fourth-order valence-electron chi connectivity index (χ4n) is 3.49. The Hall–Kier alpha value is -2.00. The maximum Gasteiger partial charge on any atom is 0.191 e. The van der Waals surface area contributed by atoms with Crippen LogP contribution in [0, 0.1) is 5.82 Å². The Morgan fingerprint density at radius 3 is 2.77 bits per heavy atom. The van der Waals surface area contributed by atoms with Crippen molar-refractivity contribution in [1.29, 1.82) is 0 Å². The third-order valence-electron chi connectivity index (χ3n) is 5.12. The highest BCUT2D eigenvalue weighted by Gasteiger charge is 2.25. The molecule has 1 saturated heterocycles. The summed E-state index contributed by atoms with van der Waals surface area (Å²) in [6, 6.07) is 10.6. The molecule has 1 aliphatic heterocycles. The van der Waals surface area contributed by atoms with E-state index in [4.69, 9.17) is 4.74 Å². The Morgan fingerprint density at radius 1 is 1.30 bits per heavy atom. The Kier molecular flexibility index (Phi) is 8.21. The van der Waals surface area contributed by atoms with Crippen molar-refractivity contribution in [3.05, 3.63) is 58.0 Å². The van der Waals surface area contributed by atoms with Crippen LogP contribution in [-0.4, -0.2) is 61.9 Å². The predicted molar refractivity (Wildman–Crippen MR) is 119 cm³/mol. The number of nitrogens with one attached hydrogen (secondary N) is 2. The number of guanidine groups is 1. The lowest BCUT2D eigenvalue weighted by molar-refractivity contribution is 0.0169. The van der Waals surface area contributed by atoms with Crippen molar-refractivity contribution in [2.75, 3.05) is 45.9 Å². The maximum absolute atomic E-state index is 13.9. The first-order valence-electron chi connectivity index (χ1n) is 10.4. The summed E-state index contributed by atoms with van der Waals surface area (Å²) >= 11 is 1.52. The lowest BCUT2D eigenvalue weighted by atomic mass is 10.0. The number of aliphatic hydroxyl groups is 1. The summed E-state index contributed by atoms with van der Waals surface area (Å²) in [7, 11) is 0. The second-order valence-electron chi connectivity index (χ2n) is 7.55. The fourth-order valence-corrected chi connectivity index (χ4v) is 4.27. The molecule has 2 heterocycles. The number of aliphatic imine (C=N–C) groups is 1. The molecule has 1 aliphatic rings. The third-order valence-corrected chi connectivity index (χ3v) is 6.25. The first kappa shape index (κ1) is 22.7. The van der Waals surface area contributed by atoms with Crippen molar-refractivity contribution in [3.63, 3.8) is 0 Å². The molecule has 2 atom stereocenters. The van der Waals surface area contributed by atoms with Crippen LogP contribution in [0.5, 0.6) is 0 Å². The second kappa shape index (κ2) is 10.9. The van der Waals surface area contributed by atoms with Crippen molar-refractivity contribution in [2.45, 2.75) is 25.5 Å². The lowest BCUT2D eigenvalue weighted by Crippen LogP contribution is -2.46. The minimum Gasteiger partial charge on any atom is -0.383 e. The molecule has 1 fully saturated rings. The van der Waals surface area contributed by atoms with Gasteiger partial charge in [0, 0.05) is 31.1 Å². The van der Waals surface area contributed by atoms with Gasteiger partial charge >= 0.3 is 0 Å². The van der Waals surface area contributed by atoms with Crippen LogP contribution >= 0.6 is 11.3 Å². The highest BCUT2D eigenvalue weighted by Crippen LogP contribution is 2.25. The average molecular weight is 435 g/mol. The molecule has 0 bridgehead atoms. The summed E-state index contributed by atoms with van der Waals surface area (Å²) in [5.41, 5.74) is -0.103. The van der Waals surface area contributed by atoms with Crippen LogP contribution in [-0.2, 0) is 10.3 Å². The van der Waals surface area contributed by atoms with Gasteiger partial charge in [0.1, 0.15) is 11.4 Å². The van der Waals surface area contributed by atoms with Gasteiger partial charge in [0.05, 0.1) is 25.8 Å². The lowest BCUT2D eigenvalue weighted by Gasteiger charge is -2.35. The van der Waals surface area contributed by atoms with E-state index in [1.165, 1.54) is 17.4 Å². The van der Waals surface area contributed by atoms with E-state index in [0.29, 0.717) is 32.3 Å². The number of nitrogens with zero attached hydrogens (tertiary/aromatic N) is 2. The molecule has 6 nitrogen and oxygen atoms in total. The van der Waals surface area contributed by atoms with Crippen LogP contribution < -0.4 is 10.6 Å². The van der Waals surface area contributed by atoms with Crippen molar-refractivity contribution in [2.24, 2.45) is 4.99 Å². The topological polar surface area (TPSA) is 69.1 Å². The van der Waals surface area contributed by atoms with Gasteiger partial charge in [-0.05, 0) is 43.0 Å². The average Bonchev–Trinajstić information content (AvgIpc) is 3.29. The fraction of sp³-hybridized carbons (Fsp3) is 0.500. The zero-order chi connectivity index (χ0) is 21.4. The van der Waals surface area contributed by atoms with Gasteiger partial charge in [-0.1, -0.05) is 18.2 Å². The van der Waals surface area contributed by atoms with Crippen molar-refractivity contribution >= 4 is 17.3 Å². The number of hydrogen-bond acceptors (Lipinski definition) is 5. The molecule has 0 saturated carbocycles. The Bertz CT molecular complexity index is 807. The number of halogens is 1. The van der Waals surface area contributed by atoms with E-state index in [1.54, 1.807) is 19.1 Å². The quantitative estimate of drug-likeness (QED) is 0.440. The summed E-state index contributed by atoms with van der Waals surface area (Å²) in [6.45, 7) is 8.22. The van der Waals surface area contributed by atoms with Crippen molar-refractivity contribution in [3.8, 4) is 0 Å². The van der Waals surface area contributed by atoms with E-state index in [-0.39, 0.29) is 18.4 Å². The minimum absolute atomic E-state index is 0.00809. The summed E-state index contributed by atoms with van der Waals surface area (Å²) in [5, 5.41) is 19.3. The Balaban J connectivity index is 1.72. The van der Waals surface area contributed by atoms with Gasteiger partial charge in [0.15, 0.2) is 5.96 Å². The first-order chi connectivity index (χ1) is 14.5. The molecule has 0 radical (unpaired) electrons. The van der Waals surface area contributed by atoms with E-state index in [9.17, 15) is 9.50 Å². The summed E-state index contributed by atoms with van der Waals surface area (Å²) < 4.78 is 19.4. The Morgan fingerprint density at radius 2 is 2.10 bits per heavy atom. The molecule has 1 aromatic heterocycles. The van der Waals surface area contributed by atoms with Gasteiger partial charge in [0.25, 0.3) is 0 Å². The number of ether oxygens (including phenoxy) is 1. The molecule has 3 N–H and O–H groups in total. The predicted octanol–water partition coefficient (Wildman–Crippen LogP) is 2.72. The maximum atomic E-state index is 13.9. The highest BCUT2D eigenvalue weighted by atomic mass is 32.1. The zero-order valence-electron chi connectivity index (χ0n) is 17.6. The van der Waals surface area contributed by atoms with Gasteiger partial charge in [-0.2, -0.15) is 0 Å². The minimum atomic E-state index is -1.03. The van der Waals surface area contributed by atoms with E-state index in [2.05, 4.69) is 20.5 Å². The van der Waals surface area contributed by atoms with Gasteiger partial charge in [-0.25, -0.2) is 9.38 Å². The largest absolute Gasteiger partial charge is 0.383 e. The van der Waals surface area contributed by atoms with E-state index in [0.717, 1.165) is 23.5 Å². The van der Waals surface area contributed by atoms with E-state index < -0.39 is 5.60 Å². The summed E-state index contributed by atoms with van der Waals surface area (Å²) in [4.78, 5) is 7.79. The van der Waals surface area contributed by atoms with Gasteiger partial charge in [-0.15, -0.1) is 11.3 Å². The van der Waals surface area contributed by atoms with Crippen LogP contribution in [0.25, 0.3) is 0 Å². The highest BCUT2D eigenvalue weighted by molar-refractivity contribution is 7.10. The molecular formula is C22H31FN4O2S. The SMILES string of the molecule is CCNC(=NCC(C)(O)c1cccs1)NCC(c1cccc(F)c1)N1CCOCC1. The Labute approximate surface area is 181 Å². The number of rotatable bonds is 8. The molecule has 0 aliphatic carbocycles. The summed E-state index contributed by atoms with van der Waals surface area (Å²) in [5.74, 6) is 0.391. The van der Waals surface area contributed by atoms with Gasteiger partial charge in [-0.3, -0.25) is 4.90 Å². The monoisotopic (exact) mass is 434 g/mol. The van der Waals surface area contributed by atoms with Crippen molar-refractivity contribution < 1.29 is 14.2 Å². The number of hydrogen-bond donors (Lipinski definition) is 3. The zero-order valence-corrected chi connectivity index (χ0v) is 18.4. The van der Waals surface area contributed by atoms with Gasteiger partial charge in [0.2, 0.25) is 0 Å². The molecule has 3 rings (SSSR count). The van der Waals surface area contributed by atoms with Crippen LogP contribution in [0.1, 0.15) is 30.3 Å². The van der Waals surface area contributed by atoms with Crippen LogP contribution in [0.15, 0.2) is 46.8 Å². The van der Waals surface area contributed by atoms with Crippen molar-refractivity contribution in [1.82, 2.24) is 15.5 Å². The third kappa shape index (κ3) is 6.25. The smallest absolute Gasteiger partial charge is 0.191 e. The van der Waals surface area contributed by atoms with Crippen LogP contribution in [0.2, 0.25) is 0 Å². The molecule has 30 heavy (non-hydrogen) atoms. The summed E-state index contributed by atoms with van der Waals surface area (Å²) in [6.07, 6.45) is 0. The number of thiophene rings is 1. The van der Waals surface area contributed by atoms with Gasteiger partial charge < -0.3 is 20.5 Å².